The van der Waals surface area contributed by atoms with E-state index in [1.165, 1.54) is 21.9 Å². The Hall–Kier alpha value is -0.230. The summed E-state index contributed by atoms with van der Waals surface area (Å²) < 4.78 is 15.3. The van der Waals surface area contributed by atoms with Gasteiger partial charge in [0, 0.05) is 9.72 Å². The smallest absolute Gasteiger partial charge is 0.125 e. The summed E-state index contributed by atoms with van der Waals surface area (Å²) in [7, 11) is 0. The highest BCUT2D eigenvalue weighted by Crippen LogP contribution is 2.46. The Morgan fingerprint density at radius 2 is 2.25 bits per heavy atom. The molecule has 1 aromatic heterocycles. The Labute approximate surface area is 139 Å². The third-order valence-electron chi connectivity index (χ3n) is 3.24. The maximum Gasteiger partial charge on any atom is 0.125 e. The minimum Gasteiger partial charge on any atom is -0.376 e. The van der Waals surface area contributed by atoms with E-state index in [-0.39, 0.29) is 11.9 Å². The average molecular weight is 393 g/mol. The highest BCUT2D eigenvalue weighted by Gasteiger charge is 2.27. The molecule has 0 radical (unpaired) electrons. The summed E-state index contributed by atoms with van der Waals surface area (Å²) in [4.78, 5) is 0. The molecule has 0 aliphatic carbocycles. The fourth-order valence-electron chi connectivity index (χ4n) is 2.34. The molecule has 6 heteroatoms. The SMILES string of the molecule is C[C@H]1CC(Nc2c(Cl)cc(F)cc2Br)c2ccsc2S1. The lowest BCUT2D eigenvalue weighted by molar-refractivity contribution is 0.626. The predicted molar refractivity (Wildman–Crippen MR) is 89.7 cm³/mol. The predicted octanol–water partition coefficient (Wildman–Crippen LogP) is 6.34. The number of anilines is 1. The fourth-order valence-corrected chi connectivity index (χ4v) is 5.83. The molecule has 0 amide bonds. The molecule has 2 atom stereocenters. The van der Waals surface area contributed by atoms with E-state index in [1.54, 1.807) is 11.3 Å². The van der Waals surface area contributed by atoms with Crippen molar-refractivity contribution in [2.24, 2.45) is 0 Å². The van der Waals surface area contributed by atoms with Crippen LogP contribution in [0.5, 0.6) is 0 Å². The molecule has 1 aliphatic rings. The molecule has 0 fully saturated rings. The first-order chi connectivity index (χ1) is 9.54. The minimum absolute atomic E-state index is 0.215. The van der Waals surface area contributed by atoms with Crippen LogP contribution < -0.4 is 5.32 Å². The average Bonchev–Trinajstić information content (AvgIpc) is 2.81. The first-order valence-electron chi connectivity index (χ1n) is 6.19. The number of rotatable bonds is 2. The zero-order valence-electron chi connectivity index (χ0n) is 10.6. The number of hydrogen-bond acceptors (Lipinski definition) is 3. The van der Waals surface area contributed by atoms with E-state index in [1.807, 2.05) is 11.8 Å². The van der Waals surface area contributed by atoms with E-state index in [2.05, 4.69) is 39.6 Å². The highest BCUT2D eigenvalue weighted by atomic mass is 79.9. The van der Waals surface area contributed by atoms with Gasteiger partial charge in [0.05, 0.1) is 21.0 Å². The van der Waals surface area contributed by atoms with Crippen LogP contribution in [0.4, 0.5) is 10.1 Å². The molecule has 2 aromatic rings. The second-order valence-electron chi connectivity index (χ2n) is 4.77. The summed E-state index contributed by atoms with van der Waals surface area (Å²) in [5.41, 5.74) is 2.07. The third kappa shape index (κ3) is 2.86. The summed E-state index contributed by atoms with van der Waals surface area (Å²) in [6.07, 6.45) is 1.02. The van der Waals surface area contributed by atoms with Gasteiger partial charge in [0.15, 0.2) is 0 Å². The topological polar surface area (TPSA) is 12.0 Å². The quantitative estimate of drug-likeness (QED) is 0.640. The number of halogens is 3. The van der Waals surface area contributed by atoms with Crippen molar-refractivity contribution in [3.63, 3.8) is 0 Å². The van der Waals surface area contributed by atoms with Crippen molar-refractivity contribution < 1.29 is 4.39 Å². The largest absolute Gasteiger partial charge is 0.376 e. The van der Waals surface area contributed by atoms with Gasteiger partial charge in [0.25, 0.3) is 0 Å². The standard InChI is InChI=1S/C14H12BrClFNS2/c1-7-4-12(9-2-3-19-14(9)20-7)18-13-10(15)5-8(17)6-11(13)16/h2-3,5-7,12,18H,4H2,1H3/t7-,12?/m0/s1. The Balaban J connectivity index is 1.93. The van der Waals surface area contributed by atoms with E-state index in [0.717, 1.165) is 12.1 Å². The van der Waals surface area contributed by atoms with Crippen LogP contribution in [-0.4, -0.2) is 5.25 Å². The summed E-state index contributed by atoms with van der Waals surface area (Å²) in [5.74, 6) is -0.337. The molecule has 1 N–H and O–H groups in total. The van der Waals surface area contributed by atoms with Crippen molar-refractivity contribution in [1.29, 1.82) is 0 Å². The molecule has 1 aliphatic heterocycles. The van der Waals surface area contributed by atoms with Crippen LogP contribution in [-0.2, 0) is 0 Å². The normalized spacial score (nSPS) is 21.6. The zero-order chi connectivity index (χ0) is 14.3. The first kappa shape index (κ1) is 14.7. The second-order valence-corrected chi connectivity index (χ2v) is 8.65. The molecule has 0 saturated heterocycles. The minimum atomic E-state index is -0.337. The van der Waals surface area contributed by atoms with Gasteiger partial charge in [-0.05, 0) is 51.5 Å². The summed E-state index contributed by atoms with van der Waals surface area (Å²) >= 11 is 13.2. The first-order valence-corrected chi connectivity index (χ1v) is 9.12. The molecular formula is C14H12BrClFNS2. The molecule has 0 spiro atoms. The Bertz CT molecular complexity index is 623. The maximum atomic E-state index is 13.3. The van der Waals surface area contributed by atoms with Crippen LogP contribution in [0.1, 0.15) is 24.9 Å². The summed E-state index contributed by atoms with van der Waals surface area (Å²) in [5, 5.41) is 6.54. The molecule has 106 valence electrons. The number of benzene rings is 1. The molecule has 1 nitrogen and oxygen atoms in total. The van der Waals surface area contributed by atoms with Crippen molar-refractivity contribution in [3.8, 4) is 0 Å². The van der Waals surface area contributed by atoms with Gasteiger partial charge in [0.1, 0.15) is 5.82 Å². The van der Waals surface area contributed by atoms with Crippen LogP contribution in [0, 0.1) is 5.82 Å². The van der Waals surface area contributed by atoms with E-state index in [9.17, 15) is 4.39 Å². The maximum absolute atomic E-state index is 13.3. The third-order valence-corrected chi connectivity index (χ3v) is 6.50. The molecular weight excluding hydrogens is 381 g/mol. The fraction of sp³-hybridized carbons (Fsp3) is 0.286. The second kappa shape index (κ2) is 5.87. The Morgan fingerprint density at radius 3 is 3.00 bits per heavy atom. The van der Waals surface area contributed by atoms with Gasteiger partial charge in [0.2, 0.25) is 0 Å². The van der Waals surface area contributed by atoms with Crippen molar-refractivity contribution in [1.82, 2.24) is 0 Å². The summed E-state index contributed by atoms with van der Waals surface area (Å²) in [6, 6.07) is 5.14. The number of fused-ring (bicyclic) bond motifs is 1. The van der Waals surface area contributed by atoms with Gasteiger partial charge in [-0.15, -0.1) is 23.1 Å². The van der Waals surface area contributed by atoms with Gasteiger partial charge < -0.3 is 5.32 Å². The summed E-state index contributed by atoms with van der Waals surface area (Å²) in [6.45, 7) is 2.23. The van der Waals surface area contributed by atoms with Crippen molar-refractivity contribution in [3.05, 3.63) is 44.5 Å². The number of thioether (sulfide) groups is 1. The van der Waals surface area contributed by atoms with Gasteiger partial charge >= 0.3 is 0 Å². The van der Waals surface area contributed by atoms with E-state index < -0.39 is 0 Å². The Kier molecular flexibility index (Phi) is 4.32. The van der Waals surface area contributed by atoms with Crippen LogP contribution in [0.15, 0.2) is 32.3 Å². The molecule has 0 saturated carbocycles. The monoisotopic (exact) mass is 391 g/mol. The van der Waals surface area contributed by atoms with Crippen LogP contribution >= 0.6 is 50.6 Å². The molecule has 2 heterocycles. The molecule has 1 aromatic carbocycles. The number of nitrogens with one attached hydrogen (secondary N) is 1. The van der Waals surface area contributed by atoms with Crippen LogP contribution in [0.25, 0.3) is 0 Å². The van der Waals surface area contributed by atoms with Crippen molar-refractivity contribution in [2.75, 3.05) is 5.32 Å². The molecule has 0 bridgehead atoms. The van der Waals surface area contributed by atoms with Crippen LogP contribution in [0.2, 0.25) is 5.02 Å². The molecule has 3 rings (SSSR count). The molecule has 1 unspecified atom stereocenters. The van der Waals surface area contributed by atoms with E-state index >= 15 is 0 Å². The van der Waals surface area contributed by atoms with Gasteiger partial charge in [-0.2, -0.15) is 0 Å². The van der Waals surface area contributed by atoms with E-state index in [0.29, 0.717) is 14.7 Å². The highest BCUT2D eigenvalue weighted by molar-refractivity contribution is 9.10. The lowest BCUT2D eigenvalue weighted by atomic mass is 10.0. The Morgan fingerprint density at radius 1 is 1.45 bits per heavy atom. The lowest BCUT2D eigenvalue weighted by Gasteiger charge is -2.29. The van der Waals surface area contributed by atoms with Gasteiger partial charge in [-0.1, -0.05) is 18.5 Å². The van der Waals surface area contributed by atoms with Crippen LogP contribution in [0.3, 0.4) is 0 Å². The van der Waals surface area contributed by atoms with Gasteiger partial charge in [-0.3, -0.25) is 0 Å². The van der Waals surface area contributed by atoms with Crippen molar-refractivity contribution in [2.45, 2.75) is 28.8 Å². The van der Waals surface area contributed by atoms with E-state index in [4.69, 9.17) is 11.6 Å². The van der Waals surface area contributed by atoms with Gasteiger partial charge in [-0.25, -0.2) is 4.39 Å². The number of thiophene rings is 1. The zero-order valence-corrected chi connectivity index (χ0v) is 14.6. The van der Waals surface area contributed by atoms with Crippen molar-refractivity contribution >= 4 is 56.3 Å². The molecule has 20 heavy (non-hydrogen) atoms. The number of hydrogen-bond donors (Lipinski definition) is 1. The lowest BCUT2D eigenvalue weighted by Crippen LogP contribution is -2.19.